The van der Waals surface area contributed by atoms with Crippen LogP contribution in [0.4, 0.5) is 4.79 Å². The van der Waals surface area contributed by atoms with Crippen molar-refractivity contribution in [3.63, 3.8) is 0 Å². The van der Waals surface area contributed by atoms with Crippen molar-refractivity contribution >= 4 is 23.6 Å². The summed E-state index contributed by atoms with van der Waals surface area (Å²) in [4.78, 5) is 28.6. The summed E-state index contributed by atoms with van der Waals surface area (Å²) in [7, 11) is 0. The number of benzene rings is 1. The Morgan fingerprint density at radius 2 is 1.62 bits per heavy atom. The summed E-state index contributed by atoms with van der Waals surface area (Å²) in [6.07, 6.45) is -1.69. The molecule has 7 nitrogen and oxygen atoms in total. The summed E-state index contributed by atoms with van der Waals surface area (Å²) in [5, 5.41) is 19.7. The number of halogens is 1. The number of amides is 2. The molecular weight excluding hydrogens is 334 g/mol. The zero-order valence-corrected chi connectivity index (χ0v) is 13.9. The van der Waals surface area contributed by atoms with E-state index in [1.165, 1.54) is 4.90 Å². The highest BCUT2D eigenvalue weighted by Crippen LogP contribution is 2.19. The fourth-order valence-electron chi connectivity index (χ4n) is 3.32. The normalized spacial score (nSPS) is 25.1. The van der Waals surface area contributed by atoms with E-state index in [0.717, 1.165) is 0 Å². The Labute approximate surface area is 145 Å². The number of hydrogen-bond acceptors (Lipinski definition) is 4. The summed E-state index contributed by atoms with van der Waals surface area (Å²) >= 11 is 5.84. The summed E-state index contributed by atoms with van der Waals surface area (Å²) in [5.74, 6) is -0.0366. The highest BCUT2D eigenvalue weighted by molar-refractivity contribution is 6.30. The topological polar surface area (TPSA) is 84.3 Å². The van der Waals surface area contributed by atoms with E-state index < -0.39 is 12.2 Å². The van der Waals surface area contributed by atoms with Crippen molar-refractivity contribution in [2.75, 3.05) is 39.3 Å². The van der Waals surface area contributed by atoms with Crippen LogP contribution in [0.2, 0.25) is 5.02 Å². The second-order valence-corrected chi connectivity index (χ2v) is 6.59. The minimum atomic E-state index is -1.01. The van der Waals surface area contributed by atoms with Crippen LogP contribution >= 0.6 is 11.6 Å². The second kappa shape index (κ2) is 6.96. The summed E-state index contributed by atoms with van der Waals surface area (Å²) in [6.45, 7) is 2.80. The van der Waals surface area contributed by atoms with Gasteiger partial charge in [-0.3, -0.25) is 9.69 Å². The Balaban J connectivity index is 1.57. The monoisotopic (exact) mass is 353 g/mol. The number of β-amino-alcohol motifs (C(OH)–C–C–N with tert-alkyl or cyclic N) is 1. The maximum Gasteiger partial charge on any atom is 0.407 e. The molecule has 1 aromatic rings. The smallest absolute Gasteiger partial charge is 0.407 e. The molecule has 130 valence electrons. The predicted octanol–water partition coefficient (Wildman–Crippen LogP) is 0.821. The van der Waals surface area contributed by atoms with Gasteiger partial charge in [0.05, 0.1) is 18.7 Å². The van der Waals surface area contributed by atoms with Crippen molar-refractivity contribution in [2.45, 2.75) is 12.1 Å². The van der Waals surface area contributed by atoms with Gasteiger partial charge in [0, 0.05) is 43.3 Å². The first kappa shape index (κ1) is 17.0. The fraction of sp³-hybridized carbons (Fsp3) is 0.500. The number of aliphatic hydroxyl groups is 1. The van der Waals surface area contributed by atoms with Gasteiger partial charge in [0.2, 0.25) is 0 Å². The van der Waals surface area contributed by atoms with Crippen LogP contribution in [-0.2, 0) is 0 Å². The van der Waals surface area contributed by atoms with Crippen LogP contribution in [0.25, 0.3) is 0 Å². The van der Waals surface area contributed by atoms with E-state index in [-0.39, 0.29) is 18.5 Å². The Bertz CT molecular complexity index is 616. The molecule has 2 N–H and O–H groups in total. The van der Waals surface area contributed by atoms with E-state index >= 15 is 0 Å². The molecule has 0 saturated carbocycles. The van der Waals surface area contributed by atoms with Crippen molar-refractivity contribution in [1.82, 2.24) is 14.7 Å². The third-order valence-electron chi connectivity index (χ3n) is 4.69. The van der Waals surface area contributed by atoms with Crippen molar-refractivity contribution in [3.05, 3.63) is 34.9 Å². The van der Waals surface area contributed by atoms with Crippen LogP contribution in [0, 0.1) is 0 Å². The molecule has 2 saturated heterocycles. The number of carboxylic acid groups (broad SMARTS) is 1. The van der Waals surface area contributed by atoms with Gasteiger partial charge in [0.1, 0.15) is 0 Å². The molecule has 2 fully saturated rings. The lowest BCUT2D eigenvalue weighted by Crippen LogP contribution is -2.54. The zero-order chi connectivity index (χ0) is 17.3. The molecule has 24 heavy (non-hydrogen) atoms. The molecule has 0 bridgehead atoms. The number of aliphatic hydroxyl groups excluding tert-OH is 1. The molecule has 0 spiro atoms. The predicted molar refractivity (Wildman–Crippen MR) is 88.3 cm³/mol. The van der Waals surface area contributed by atoms with E-state index in [9.17, 15) is 14.7 Å². The molecular formula is C16H20ClN3O4. The summed E-state index contributed by atoms with van der Waals surface area (Å²) in [6, 6.07) is 6.61. The Kier molecular flexibility index (Phi) is 4.93. The average Bonchev–Trinajstić information content (AvgIpc) is 2.97. The van der Waals surface area contributed by atoms with Gasteiger partial charge in [-0.1, -0.05) is 11.6 Å². The van der Waals surface area contributed by atoms with Gasteiger partial charge in [0.25, 0.3) is 5.91 Å². The first-order valence-electron chi connectivity index (χ1n) is 7.90. The lowest BCUT2D eigenvalue weighted by molar-refractivity contribution is 0.0376. The minimum Gasteiger partial charge on any atom is -0.465 e. The Hall–Kier alpha value is -1.83. The number of likely N-dealkylation sites (tertiary alicyclic amines) is 1. The standard InChI is InChI=1S/C16H20ClN3O4/c17-12-3-1-11(2-4-12)15(22)19-7-5-18(6-8-19)13-9-20(16(23)24)10-14(13)21/h1-4,13-14,21H,5-10H2,(H,23,24). The van der Waals surface area contributed by atoms with E-state index in [1.54, 1.807) is 29.2 Å². The van der Waals surface area contributed by atoms with Crippen LogP contribution < -0.4 is 0 Å². The van der Waals surface area contributed by atoms with Gasteiger partial charge >= 0.3 is 6.09 Å². The van der Waals surface area contributed by atoms with E-state index in [4.69, 9.17) is 16.7 Å². The SMILES string of the molecule is O=C(O)N1CC(O)C(N2CCN(C(=O)c3ccc(Cl)cc3)CC2)C1. The molecule has 1 aromatic carbocycles. The maximum atomic E-state index is 12.5. The van der Waals surface area contributed by atoms with Crippen molar-refractivity contribution in [2.24, 2.45) is 0 Å². The molecule has 2 aliphatic rings. The van der Waals surface area contributed by atoms with Crippen LogP contribution in [0.5, 0.6) is 0 Å². The molecule has 0 aromatic heterocycles. The van der Waals surface area contributed by atoms with Crippen LogP contribution in [0.15, 0.2) is 24.3 Å². The van der Waals surface area contributed by atoms with Gasteiger partial charge in [0.15, 0.2) is 0 Å². The Morgan fingerprint density at radius 3 is 2.17 bits per heavy atom. The molecule has 2 atom stereocenters. The highest BCUT2D eigenvalue weighted by atomic mass is 35.5. The molecule has 2 aliphatic heterocycles. The fourth-order valence-corrected chi connectivity index (χ4v) is 3.44. The first-order valence-corrected chi connectivity index (χ1v) is 8.28. The third-order valence-corrected chi connectivity index (χ3v) is 4.94. The van der Waals surface area contributed by atoms with Crippen LogP contribution in [-0.4, -0.2) is 88.3 Å². The molecule has 2 unspecified atom stereocenters. The summed E-state index contributed by atoms with van der Waals surface area (Å²) in [5.41, 5.74) is 0.603. The second-order valence-electron chi connectivity index (χ2n) is 6.16. The van der Waals surface area contributed by atoms with Gasteiger partial charge in [-0.05, 0) is 24.3 Å². The molecule has 3 rings (SSSR count). The van der Waals surface area contributed by atoms with E-state index in [1.807, 2.05) is 0 Å². The van der Waals surface area contributed by atoms with Gasteiger partial charge in [-0.15, -0.1) is 0 Å². The molecule has 2 heterocycles. The average molecular weight is 354 g/mol. The van der Waals surface area contributed by atoms with E-state index in [2.05, 4.69) is 4.90 Å². The number of hydrogen-bond donors (Lipinski definition) is 2. The quantitative estimate of drug-likeness (QED) is 0.822. The van der Waals surface area contributed by atoms with E-state index in [0.29, 0.717) is 43.3 Å². The first-order chi connectivity index (χ1) is 11.5. The minimum absolute atomic E-state index is 0.0366. The summed E-state index contributed by atoms with van der Waals surface area (Å²) < 4.78 is 0. The number of nitrogens with zero attached hydrogens (tertiary/aromatic N) is 3. The number of carbonyl (C=O) groups is 2. The van der Waals surface area contributed by atoms with Crippen molar-refractivity contribution in [1.29, 1.82) is 0 Å². The Morgan fingerprint density at radius 1 is 1.00 bits per heavy atom. The van der Waals surface area contributed by atoms with Gasteiger partial charge < -0.3 is 20.0 Å². The molecule has 8 heteroatoms. The van der Waals surface area contributed by atoms with Gasteiger partial charge in [-0.25, -0.2) is 4.79 Å². The molecule has 2 amide bonds. The number of rotatable bonds is 2. The van der Waals surface area contributed by atoms with Crippen LogP contribution in [0.1, 0.15) is 10.4 Å². The highest BCUT2D eigenvalue weighted by Gasteiger charge is 2.39. The lowest BCUT2D eigenvalue weighted by Gasteiger charge is -2.38. The van der Waals surface area contributed by atoms with Crippen LogP contribution in [0.3, 0.4) is 0 Å². The zero-order valence-electron chi connectivity index (χ0n) is 13.1. The molecule has 0 aliphatic carbocycles. The van der Waals surface area contributed by atoms with Crippen molar-refractivity contribution in [3.8, 4) is 0 Å². The largest absolute Gasteiger partial charge is 0.465 e. The maximum absolute atomic E-state index is 12.5. The lowest BCUT2D eigenvalue weighted by atomic mass is 10.1. The van der Waals surface area contributed by atoms with Crippen molar-refractivity contribution < 1.29 is 19.8 Å². The third kappa shape index (κ3) is 3.48. The number of piperazine rings is 1. The molecule has 0 radical (unpaired) electrons. The van der Waals surface area contributed by atoms with Gasteiger partial charge in [-0.2, -0.15) is 0 Å². The number of carbonyl (C=O) groups excluding carboxylic acids is 1.